The van der Waals surface area contributed by atoms with E-state index in [-0.39, 0.29) is 11.8 Å². The first-order valence-corrected chi connectivity index (χ1v) is 10.4. The number of halogens is 1. The summed E-state index contributed by atoms with van der Waals surface area (Å²) in [7, 11) is 0. The van der Waals surface area contributed by atoms with Gasteiger partial charge in [0.15, 0.2) is 5.82 Å². The average molecular weight is 436 g/mol. The molecule has 5 rings (SSSR count). The summed E-state index contributed by atoms with van der Waals surface area (Å²) in [5.74, 6) is 1.57. The molecule has 1 aliphatic heterocycles. The summed E-state index contributed by atoms with van der Waals surface area (Å²) in [5.41, 5.74) is 8.58. The van der Waals surface area contributed by atoms with Gasteiger partial charge in [-0.3, -0.25) is 5.32 Å². The number of aromatic nitrogens is 2. The van der Waals surface area contributed by atoms with Crippen molar-refractivity contribution in [1.82, 2.24) is 9.97 Å². The highest BCUT2D eigenvalue weighted by molar-refractivity contribution is 5.99. The number of ether oxygens (including phenoxy) is 2. The lowest BCUT2D eigenvalue weighted by Gasteiger charge is -2.31. The Morgan fingerprint density at radius 1 is 1.25 bits per heavy atom. The van der Waals surface area contributed by atoms with Crippen molar-refractivity contribution < 1.29 is 18.7 Å². The number of amides is 1. The van der Waals surface area contributed by atoms with Crippen molar-refractivity contribution in [2.45, 2.75) is 32.8 Å². The van der Waals surface area contributed by atoms with Gasteiger partial charge >= 0.3 is 6.09 Å². The number of benzene rings is 1. The van der Waals surface area contributed by atoms with Gasteiger partial charge in [0.1, 0.15) is 24.2 Å². The molecule has 2 aliphatic rings. The molecule has 4 N–H and O–H groups in total. The van der Waals surface area contributed by atoms with Crippen LogP contribution in [-0.2, 0) is 4.74 Å². The third-order valence-corrected chi connectivity index (χ3v) is 5.89. The van der Waals surface area contributed by atoms with Crippen molar-refractivity contribution in [1.29, 1.82) is 0 Å². The number of nitrogens with zero attached hydrogens (tertiary/aromatic N) is 2. The Morgan fingerprint density at radius 2 is 2.06 bits per heavy atom. The van der Waals surface area contributed by atoms with Gasteiger partial charge in [0.2, 0.25) is 5.88 Å². The van der Waals surface area contributed by atoms with E-state index >= 15 is 4.39 Å². The number of hydrogen-bond acceptors (Lipinski definition) is 7. The molecule has 1 saturated carbocycles. The fourth-order valence-electron chi connectivity index (χ4n) is 4.14. The van der Waals surface area contributed by atoms with Crippen LogP contribution < -0.4 is 21.1 Å². The lowest BCUT2D eigenvalue weighted by Crippen LogP contribution is -2.32. The van der Waals surface area contributed by atoms with E-state index in [0.717, 1.165) is 24.1 Å². The number of fused-ring (bicyclic) bond motifs is 2. The van der Waals surface area contributed by atoms with Gasteiger partial charge in [-0.05, 0) is 48.8 Å². The molecule has 0 bridgehead atoms. The summed E-state index contributed by atoms with van der Waals surface area (Å²) in [5, 5.41) is 6.99. The van der Waals surface area contributed by atoms with E-state index in [4.69, 9.17) is 15.2 Å². The van der Waals surface area contributed by atoms with Gasteiger partial charge in [0, 0.05) is 35.5 Å². The Kier molecular flexibility index (Phi) is 4.96. The molecule has 3 heterocycles. The minimum atomic E-state index is -0.564. The Hall–Kier alpha value is -3.62. The smallest absolute Gasteiger partial charge is 0.413 e. The van der Waals surface area contributed by atoms with Crippen LogP contribution in [0.2, 0.25) is 0 Å². The van der Waals surface area contributed by atoms with Gasteiger partial charge in [-0.2, -0.15) is 0 Å². The first-order chi connectivity index (χ1) is 15.4. The van der Waals surface area contributed by atoms with Crippen molar-refractivity contribution in [3.8, 4) is 17.0 Å². The van der Waals surface area contributed by atoms with E-state index in [1.54, 1.807) is 18.3 Å². The molecule has 1 radical (unpaired) electrons. The largest absolute Gasteiger partial charge is 0.474 e. The molecule has 0 atom stereocenters. The summed E-state index contributed by atoms with van der Waals surface area (Å²) in [6.45, 7) is 5.09. The predicted octanol–water partition coefficient (Wildman–Crippen LogP) is 4.44. The zero-order chi connectivity index (χ0) is 22.4. The fourth-order valence-corrected chi connectivity index (χ4v) is 4.14. The van der Waals surface area contributed by atoms with Crippen LogP contribution in [0.15, 0.2) is 24.5 Å². The van der Waals surface area contributed by atoms with Crippen LogP contribution in [0.25, 0.3) is 21.9 Å². The van der Waals surface area contributed by atoms with E-state index in [2.05, 4.69) is 20.6 Å². The number of pyridine rings is 2. The molecule has 32 heavy (non-hydrogen) atoms. The van der Waals surface area contributed by atoms with Crippen LogP contribution in [0.3, 0.4) is 0 Å². The maximum Gasteiger partial charge on any atom is 0.413 e. The van der Waals surface area contributed by atoms with Gasteiger partial charge in [-0.15, -0.1) is 0 Å². The van der Waals surface area contributed by atoms with Crippen LogP contribution >= 0.6 is 0 Å². The van der Waals surface area contributed by atoms with Crippen LogP contribution in [0.4, 0.5) is 26.4 Å². The molecule has 1 fully saturated rings. The van der Waals surface area contributed by atoms with Crippen molar-refractivity contribution >= 4 is 34.1 Å². The molecule has 9 heteroatoms. The molecule has 1 aromatic carbocycles. The number of anilines is 3. The molecule has 1 amide bonds. The molecular formula is C23H23FN5O3. The van der Waals surface area contributed by atoms with Crippen molar-refractivity contribution in [3.63, 3.8) is 0 Å². The summed E-state index contributed by atoms with van der Waals surface area (Å²) < 4.78 is 26.2. The second kappa shape index (κ2) is 7.81. The second-order valence-corrected chi connectivity index (χ2v) is 8.21. The third-order valence-electron chi connectivity index (χ3n) is 5.89. The summed E-state index contributed by atoms with van der Waals surface area (Å²) >= 11 is 0. The van der Waals surface area contributed by atoms with Crippen LogP contribution in [0.5, 0.6) is 5.88 Å². The Labute approximate surface area is 184 Å². The number of carbonyl (C=O) groups excluding carboxylic acids is 1. The molecule has 1 aliphatic carbocycles. The predicted molar refractivity (Wildman–Crippen MR) is 120 cm³/mol. The maximum absolute atomic E-state index is 15.2. The summed E-state index contributed by atoms with van der Waals surface area (Å²) in [4.78, 5) is 20.7. The van der Waals surface area contributed by atoms with Gasteiger partial charge in [-0.25, -0.2) is 19.2 Å². The zero-order valence-corrected chi connectivity index (χ0v) is 17.8. The molecule has 0 spiro atoms. The number of hydrogen-bond donors (Lipinski definition) is 3. The first kappa shape index (κ1) is 20.3. The van der Waals surface area contributed by atoms with Gasteiger partial charge in [0.25, 0.3) is 0 Å². The number of nitrogens with one attached hydrogen (secondary N) is 2. The normalized spacial score (nSPS) is 16.0. The molecule has 8 nitrogen and oxygen atoms in total. The van der Waals surface area contributed by atoms with E-state index in [1.807, 2.05) is 13.8 Å². The standard InChI is InChI=1S/C23H23FN5O3/c1-11-5-14(6-11)32-23(30)29-18-8-13-7-15(19(24)20(25)17(13)10-27-18)16-9-28-22-21(12(16)2)26-3-4-31-22/h7-10,14,26H,3-6,25H2,1-2H3,(H,27,29,30). The minimum absolute atomic E-state index is 0.0130. The Morgan fingerprint density at radius 3 is 2.84 bits per heavy atom. The minimum Gasteiger partial charge on any atom is -0.474 e. The average Bonchev–Trinajstić information content (AvgIpc) is 2.76. The quantitative estimate of drug-likeness (QED) is 0.521. The van der Waals surface area contributed by atoms with E-state index < -0.39 is 11.9 Å². The summed E-state index contributed by atoms with van der Waals surface area (Å²) in [6, 6.07) is 3.33. The molecule has 3 aromatic rings. The van der Waals surface area contributed by atoms with Crippen LogP contribution in [-0.4, -0.2) is 35.3 Å². The van der Waals surface area contributed by atoms with Crippen LogP contribution in [0.1, 0.15) is 25.3 Å². The molecule has 165 valence electrons. The lowest BCUT2D eigenvalue weighted by molar-refractivity contribution is 0.0753. The monoisotopic (exact) mass is 436 g/mol. The van der Waals surface area contributed by atoms with Gasteiger partial charge in [0.05, 0.1) is 5.69 Å². The highest BCUT2D eigenvalue weighted by atomic mass is 19.1. The maximum atomic E-state index is 15.2. The SMILES string of the molecule is C[C]1CC(OC(=O)Nc2cc3cc(-c4cnc5c(c4C)NCCO5)c(F)c(N)c3cn2)C1. The first-order valence-electron chi connectivity index (χ1n) is 10.4. The second-order valence-electron chi connectivity index (χ2n) is 8.21. The molecular weight excluding hydrogens is 413 g/mol. The summed E-state index contributed by atoms with van der Waals surface area (Å²) in [6.07, 6.45) is 3.94. The van der Waals surface area contributed by atoms with E-state index in [0.29, 0.717) is 46.7 Å². The topological polar surface area (TPSA) is 111 Å². The number of carbonyl (C=O) groups is 1. The number of rotatable bonds is 3. The van der Waals surface area contributed by atoms with E-state index in [9.17, 15) is 4.79 Å². The molecule has 0 unspecified atom stereocenters. The Bertz CT molecular complexity index is 1230. The zero-order valence-electron chi connectivity index (χ0n) is 17.8. The molecule has 2 aromatic heterocycles. The van der Waals surface area contributed by atoms with Crippen molar-refractivity contribution in [3.05, 3.63) is 41.8 Å². The van der Waals surface area contributed by atoms with Gasteiger partial charge < -0.3 is 20.5 Å². The number of nitrogens with two attached hydrogens (primary N) is 1. The lowest BCUT2D eigenvalue weighted by atomic mass is 9.84. The molecule has 0 saturated heterocycles. The van der Waals surface area contributed by atoms with Gasteiger partial charge in [-0.1, -0.05) is 6.92 Å². The van der Waals surface area contributed by atoms with Crippen molar-refractivity contribution in [2.75, 3.05) is 29.5 Å². The van der Waals surface area contributed by atoms with Crippen molar-refractivity contribution in [2.24, 2.45) is 0 Å². The third kappa shape index (κ3) is 3.53. The fraction of sp³-hybridized carbons (Fsp3) is 0.304. The highest BCUT2D eigenvalue weighted by Crippen LogP contribution is 2.39. The Balaban J connectivity index is 1.49. The van der Waals surface area contributed by atoms with Crippen LogP contribution in [0, 0.1) is 18.7 Å². The number of nitrogen functional groups attached to an aromatic ring is 1. The van der Waals surface area contributed by atoms with E-state index in [1.165, 1.54) is 12.1 Å². The highest BCUT2D eigenvalue weighted by Gasteiger charge is 2.29.